The van der Waals surface area contributed by atoms with E-state index in [1.165, 1.54) is 11.1 Å². The minimum absolute atomic E-state index is 0.208. The Morgan fingerprint density at radius 3 is 2.50 bits per heavy atom. The number of nitrogens with zero attached hydrogens (tertiary/aromatic N) is 3. The molecule has 0 aliphatic rings. The lowest BCUT2D eigenvalue weighted by atomic mass is 10.1. The smallest absolute Gasteiger partial charge is 0.279 e. The van der Waals surface area contributed by atoms with Crippen molar-refractivity contribution in [3.63, 3.8) is 0 Å². The monoisotopic (exact) mass is 339 g/mol. The summed E-state index contributed by atoms with van der Waals surface area (Å²) in [6, 6.07) is 13.8. The highest BCUT2D eigenvalue weighted by Crippen LogP contribution is 2.21. The van der Waals surface area contributed by atoms with Crippen LogP contribution in [-0.2, 0) is 13.5 Å². The molecule has 0 saturated carbocycles. The van der Waals surface area contributed by atoms with Gasteiger partial charge in [0, 0.05) is 32.4 Å². The van der Waals surface area contributed by atoms with E-state index < -0.39 is 0 Å². The summed E-state index contributed by atoms with van der Waals surface area (Å²) in [4.78, 5) is 19.6. The van der Waals surface area contributed by atoms with Crippen molar-refractivity contribution >= 4 is 33.1 Å². The topological polar surface area (TPSA) is 37.6 Å². The van der Waals surface area contributed by atoms with Crippen LogP contribution in [-0.4, -0.2) is 24.6 Å². The summed E-state index contributed by atoms with van der Waals surface area (Å²) in [6.45, 7) is 2.14. The molecule has 0 fully saturated rings. The molecule has 0 aliphatic heterocycles. The zero-order valence-electron chi connectivity index (χ0n) is 14.4. The second-order valence-corrected chi connectivity index (χ2v) is 6.93. The maximum absolute atomic E-state index is 12.5. The number of aromatic nitrogens is 1. The van der Waals surface area contributed by atoms with E-state index in [1.807, 2.05) is 54.9 Å². The van der Waals surface area contributed by atoms with Crippen molar-refractivity contribution < 1.29 is 4.79 Å². The number of rotatable bonds is 3. The number of aryl methyl sites for hydroxylation is 2. The van der Waals surface area contributed by atoms with Crippen LogP contribution in [0.4, 0.5) is 5.69 Å². The Hall–Kier alpha value is -2.40. The van der Waals surface area contributed by atoms with Crippen LogP contribution in [0.15, 0.2) is 47.5 Å². The first-order chi connectivity index (χ1) is 11.5. The van der Waals surface area contributed by atoms with Gasteiger partial charge in [-0.05, 0) is 42.3 Å². The zero-order chi connectivity index (χ0) is 17.3. The first-order valence-electron chi connectivity index (χ1n) is 7.95. The highest BCUT2D eigenvalue weighted by atomic mass is 32.1. The second-order valence-electron chi connectivity index (χ2n) is 5.92. The number of amides is 1. The number of para-hydroxylation sites is 1. The van der Waals surface area contributed by atoms with Gasteiger partial charge in [-0.25, -0.2) is 0 Å². The third-order valence-corrected chi connectivity index (χ3v) is 5.21. The summed E-state index contributed by atoms with van der Waals surface area (Å²) >= 11 is 1.55. The van der Waals surface area contributed by atoms with Crippen LogP contribution in [0.1, 0.15) is 22.8 Å². The quantitative estimate of drug-likeness (QED) is 0.731. The van der Waals surface area contributed by atoms with Gasteiger partial charge in [-0.1, -0.05) is 30.4 Å². The molecule has 0 N–H and O–H groups in total. The van der Waals surface area contributed by atoms with Crippen molar-refractivity contribution in [3.8, 4) is 0 Å². The van der Waals surface area contributed by atoms with Crippen molar-refractivity contribution in [2.75, 3.05) is 19.0 Å². The molecule has 124 valence electrons. The molecule has 5 heteroatoms. The molecule has 0 spiro atoms. The molecule has 1 amide bonds. The molecule has 1 aromatic heterocycles. The lowest BCUT2D eigenvalue weighted by Gasteiger charge is -2.11. The Balaban J connectivity index is 2.03. The van der Waals surface area contributed by atoms with E-state index in [2.05, 4.69) is 30.1 Å². The normalized spacial score (nSPS) is 11.9. The van der Waals surface area contributed by atoms with Crippen molar-refractivity contribution in [2.45, 2.75) is 13.3 Å². The molecule has 0 saturated heterocycles. The summed E-state index contributed by atoms with van der Waals surface area (Å²) in [5, 5.41) is 0. The Morgan fingerprint density at radius 1 is 1.17 bits per heavy atom. The first-order valence-corrected chi connectivity index (χ1v) is 8.76. The van der Waals surface area contributed by atoms with Gasteiger partial charge < -0.3 is 9.47 Å². The lowest BCUT2D eigenvalue weighted by molar-refractivity contribution is 0.0998. The number of benzene rings is 2. The molecular formula is C19H21N3OS. The van der Waals surface area contributed by atoms with E-state index in [9.17, 15) is 4.79 Å². The van der Waals surface area contributed by atoms with Crippen molar-refractivity contribution in [3.05, 3.63) is 58.4 Å². The number of carbonyl (C=O) groups is 1. The molecular weight excluding hydrogens is 318 g/mol. The van der Waals surface area contributed by atoms with Gasteiger partial charge in [0.2, 0.25) is 0 Å². The molecule has 1 heterocycles. The van der Waals surface area contributed by atoms with E-state index >= 15 is 0 Å². The summed E-state index contributed by atoms with van der Waals surface area (Å²) in [6.07, 6.45) is 0.960. The Morgan fingerprint density at radius 2 is 1.88 bits per heavy atom. The predicted molar refractivity (Wildman–Crippen MR) is 101 cm³/mol. The van der Waals surface area contributed by atoms with Gasteiger partial charge in [0.05, 0.1) is 10.2 Å². The van der Waals surface area contributed by atoms with Crippen LogP contribution in [0, 0.1) is 0 Å². The van der Waals surface area contributed by atoms with Gasteiger partial charge in [-0.3, -0.25) is 4.79 Å². The fourth-order valence-corrected chi connectivity index (χ4v) is 3.79. The molecule has 2 aromatic carbocycles. The van der Waals surface area contributed by atoms with Crippen molar-refractivity contribution in [1.29, 1.82) is 0 Å². The third-order valence-electron chi connectivity index (χ3n) is 4.11. The number of anilines is 1. The molecule has 24 heavy (non-hydrogen) atoms. The predicted octanol–water partition coefficient (Wildman–Crippen LogP) is 3.61. The number of fused-ring (bicyclic) bond motifs is 1. The largest absolute Gasteiger partial charge is 0.378 e. The van der Waals surface area contributed by atoms with E-state index in [0.29, 0.717) is 5.56 Å². The van der Waals surface area contributed by atoms with Gasteiger partial charge in [0.25, 0.3) is 5.91 Å². The summed E-state index contributed by atoms with van der Waals surface area (Å²) in [5.41, 5.74) is 4.11. The SMILES string of the molecule is CCc1cccc2sc(=NC(=O)c3ccc(N(C)C)cc3)n(C)c12. The van der Waals surface area contributed by atoms with Crippen LogP contribution in [0.25, 0.3) is 10.2 Å². The van der Waals surface area contributed by atoms with Crippen LogP contribution in [0.3, 0.4) is 0 Å². The fourth-order valence-electron chi connectivity index (χ4n) is 2.73. The van der Waals surface area contributed by atoms with E-state index in [-0.39, 0.29) is 5.91 Å². The van der Waals surface area contributed by atoms with Crippen molar-refractivity contribution in [1.82, 2.24) is 4.57 Å². The lowest BCUT2D eigenvalue weighted by Crippen LogP contribution is -2.14. The molecule has 0 radical (unpaired) electrons. The average molecular weight is 339 g/mol. The molecule has 3 rings (SSSR count). The zero-order valence-corrected chi connectivity index (χ0v) is 15.2. The maximum Gasteiger partial charge on any atom is 0.279 e. The average Bonchev–Trinajstić information content (AvgIpc) is 2.91. The number of carbonyl (C=O) groups excluding carboxylic acids is 1. The Labute approximate surface area is 145 Å². The highest BCUT2D eigenvalue weighted by molar-refractivity contribution is 7.16. The van der Waals surface area contributed by atoms with E-state index in [1.54, 1.807) is 11.3 Å². The highest BCUT2D eigenvalue weighted by Gasteiger charge is 2.09. The van der Waals surface area contributed by atoms with E-state index in [4.69, 9.17) is 0 Å². The van der Waals surface area contributed by atoms with Gasteiger partial charge >= 0.3 is 0 Å². The number of thiazole rings is 1. The molecule has 0 unspecified atom stereocenters. The standard InChI is InChI=1S/C19H21N3OS/c1-5-13-7-6-8-16-17(13)22(4)19(24-16)20-18(23)14-9-11-15(12-10-14)21(2)3/h6-12H,5H2,1-4H3. The third kappa shape index (κ3) is 2.99. The van der Waals surface area contributed by atoms with Gasteiger partial charge in [0.15, 0.2) is 4.80 Å². The maximum atomic E-state index is 12.5. The van der Waals surface area contributed by atoms with Crippen LogP contribution >= 0.6 is 11.3 Å². The van der Waals surface area contributed by atoms with Crippen molar-refractivity contribution in [2.24, 2.45) is 12.0 Å². The molecule has 0 bridgehead atoms. The molecule has 0 aliphatic carbocycles. The Bertz CT molecular complexity index is 949. The minimum Gasteiger partial charge on any atom is -0.378 e. The molecule has 0 atom stereocenters. The van der Waals surface area contributed by atoms with Gasteiger partial charge in [-0.2, -0.15) is 4.99 Å². The minimum atomic E-state index is -0.208. The molecule has 3 aromatic rings. The second kappa shape index (κ2) is 6.61. The van der Waals surface area contributed by atoms with Gasteiger partial charge in [-0.15, -0.1) is 0 Å². The van der Waals surface area contributed by atoms with Crippen LogP contribution in [0.2, 0.25) is 0 Å². The number of hydrogen-bond acceptors (Lipinski definition) is 3. The summed E-state index contributed by atoms with van der Waals surface area (Å²) in [5.74, 6) is -0.208. The van der Waals surface area contributed by atoms with Crippen LogP contribution in [0.5, 0.6) is 0 Å². The first kappa shape index (κ1) is 16.5. The number of hydrogen-bond donors (Lipinski definition) is 0. The summed E-state index contributed by atoms with van der Waals surface area (Å²) in [7, 11) is 5.92. The molecule has 4 nitrogen and oxygen atoms in total. The fraction of sp³-hybridized carbons (Fsp3) is 0.263. The van der Waals surface area contributed by atoms with Gasteiger partial charge in [0.1, 0.15) is 0 Å². The summed E-state index contributed by atoms with van der Waals surface area (Å²) < 4.78 is 3.18. The van der Waals surface area contributed by atoms with E-state index in [0.717, 1.165) is 21.6 Å². The Kier molecular flexibility index (Phi) is 4.53. The van der Waals surface area contributed by atoms with Crippen LogP contribution < -0.4 is 9.70 Å².